The Hall–Kier alpha value is -2.79. The highest BCUT2D eigenvalue weighted by Crippen LogP contribution is 2.23. The number of anilines is 1. The van der Waals surface area contributed by atoms with Gasteiger partial charge in [0.2, 0.25) is 0 Å². The first-order valence-electron chi connectivity index (χ1n) is 8.22. The van der Waals surface area contributed by atoms with Gasteiger partial charge >= 0.3 is 5.97 Å². The number of ether oxygens (including phenoxy) is 1. The van der Waals surface area contributed by atoms with E-state index in [9.17, 15) is 9.59 Å². The van der Waals surface area contributed by atoms with Crippen LogP contribution in [-0.4, -0.2) is 31.3 Å². The molecule has 26 heavy (non-hydrogen) atoms. The fourth-order valence-corrected chi connectivity index (χ4v) is 3.22. The summed E-state index contributed by atoms with van der Waals surface area (Å²) in [4.78, 5) is 26.5. The average Bonchev–Trinajstić information content (AvgIpc) is 2.70. The van der Waals surface area contributed by atoms with E-state index in [-0.39, 0.29) is 18.3 Å². The van der Waals surface area contributed by atoms with E-state index in [0.717, 1.165) is 21.4 Å². The van der Waals surface area contributed by atoms with Crippen molar-refractivity contribution in [1.82, 2.24) is 0 Å². The lowest BCUT2D eigenvalue weighted by molar-refractivity contribution is -0.145. The van der Waals surface area contributed by atoms with Gasteiger partial charge in [-0.2, -0.15) is 0 Å². The van der Waals surface area contributed by atoms with Crippen molar-refractivity contribution in [2.24, 2.45) is 0 Å². The van der Waals surface area contributed by atoms with Crippen LogP contribution in [0.5, 0.6) is 0 Å². The first kappa shape index (κ1) is 18.0. The topological polar surface area (TPSA) is 46.6 Å². The first-order valence-corrected chi connectivity index (χ1v) is 9.21. The van der Waals surface area contributed by atoms with E-state index in [0.29, 0.717) is 0 Å². The number of thioether (sulfide) groups is 1. The van der Waals surface area contributed by atoms with E-state index in [1.165, 1.54) is 16.7 Å². The van der Waals surface area contributed by atoms with Gasteiger partial charge in [-0.25, -0.2) is 0 Å². The van der Waals surface area contributed by atoms with E-state index in [2.05, 4.69) is 0 Å². The van der Waals surface area contributed by atoms with Gasteiger partial charge in [-0.1, -0.05) is 48.5 Å². The van der Waals surface area contributed by atoms with Crippen molar-refractivity contribution >= 4 is 40.1 Å². The summed E-state index contributed by atoms with van der Waals surface area (Å²) in [7, 11) is 1.66. The maximum atomic E-state index is 12.1. The van der Waals surface area contributed by atoms with Crippen molar-refractivity contribution in [1.29, 1.82) is 0 Å². The second kappa shape index (κ2) is 8.54. The molecular formula is C21H19NO3S. The third-order valence-corrected chi connectivity index (χ3v) is 4.92. The predicted molar refractivity (Wildman–Crippen MR) is 105 cm³/mol. The lowest BCUT2D eigenvalue weighted by Crippen LogP contribution is -2.31. The lowest BCUT2D eigenvalue weighted by Gasteiger charge is -2.17. The second-order valence-electron chi connectivity index (χ2n) is 5.75. The number of esters is 1. The van der Waals surface area contributed by atoms with Crippen molar-refractivity contribution in [2.75, 3.05) is 24.3 Å². The van der Waals surface area contributed by atoms with Gasteiger partial charge in [-0.15, -0.1) is 11.8 Å². The van der Waals surface area contributed by atoms with Crippen LogP contribution in [0.3, 0.4) is 0 Å². The van der Waals surface area contributed by atoms with Crippen LogP contribution in [0.25, 0.3) is 10.8 Å². The monoisotopic (exact) mass is 365 g/mol. The van der Waals surface area contributed by atoms with Crippen molar-refractivity contribution in [3.05, 3.63) is 72.8 Å². The summed E-state index contributed by atoms with van der Waals surface area (Å²) < 4.78 is 5.10. The first-order chi connectivity index (χ1) is 12.6. The number of rotatable bonds is 6. The third-order valence-electron chi connectivity index (χ3n) is 3.95. The van der Waals surface area contributed by atoms with Crippen LogP contribution in [0.1, 0.15) is 0 Å². The average molecular weight is 365 g/mol. The summed E-state index contributed by atoms with van der Waals surface area (Å²) in [5.74, 6) is -0.501. The van der Waals surface area contributed by atoms with E-state index < -0.39 is 5.97 Å². The zero-order valence-electron chi connectivity index (χ0n) is 14.4. The Morgan fingerprint density at radius 1 is 0.923 bits per heavy atom. The maximum absolute atomic E-state index is 12.1. The molecule has 0 aliphatic rings. The van der Waals surface area contributed by atoms with Crippen LogP contribution in [-0.2, 0) is 14.3 Å². The molecule has 0 N–H and O–H groups in total. The van der Waals surface area contributed by atoms with Gasteiger partial charge in [-0.3, -0.25) is 9.59 Å². The van der Waals surface area contributed by atoms with Crippen molar-refractivity contribution in [3.63, 3.8) is 0 Å². The molecule has 0 spiro atoms. The second-order valence-corrected chi connectivity index (χ2v) is 6.80. The highest BCUT2D eigenvalue weighted by Gasteiger charge is 2.13. The minimum atomic E-state index is -0.405. The van der Waals surface area contributed by atoms with Gasteiger partial charge in [0.05, 0.1) is 5.75 Å². The molecular weight excluding hydrogens is 346 g/mol. The molecule has 0 aliphatic carbocycles. The van der Waals surface area contributed by atoms with Crippen LogP contribution in [0.15, 0.2) is 77.7 Å². The Morgan fingerprint density at radius 2 is 1.62 bits per heavy atom. The summed E-state index contributed by atoms with van der Waals surface area (Å²) in [6, 6.07) is 23.4. The molecule has 1 amide bonds. The van der Waals surface area contributed by atoms with Gasteiger partial charge in [-0.05, 0) is 35.0 Å². The van der Waals surface area contributed by atoms with Gasteiger partial charge in [0.25, 0.3) is 5.91 Å². The molecule has 4 nitrogen and oxygen atoms in total. The molecule has 0 saturated carbocycles. The van der Waals surface area contributed by atoms with Crippen molar-refractivity contribution in [2.45, 2.75) is 4.90 Å². The predicted octanol–water partition coefficient (Wildman–Crippen LogP) is 4.14. The van der Waals surface area contributed by atoms with Crippen molar-refractivity contribution in [3.8, 4) is 0 Å². The zero-order chi connectivity index (χ0) is 18.4. The number of carbonyl (C=O) groups is 2. The largest absolute Gasteiger partial charge is 0.455 e. The SMILES string of the molecule is CN(C(=O)COC(=O)CSc1ccc2ccccc2c1)c1ccccc1. The molecule has 0 heterocycles. The summed E-state index contributed by atoms with van der Waals surface area (Å²) in [5, 5.41) is 2.29. The van der Waals surface area contributed by atoms with Gasteiger partial charge < -0.3 is 9.64 Å². The molecule has 0 aromatic heterocycles. The number of likely N-dealkylation sites (N-methyl/N-ethyl adjacent to an activating group) is 1. The number of hydrogen-bond donors (Lipinski definition) is 0. The Labute approximate surface area is 156 Å². The molecule has 0 aliphatic heterocycles. The Kier molecular flexibility index (Phi) is 5.92. The summed E-state index contributed by atoms with van der Waals surface area (Å²) in [5.41, 5.74) is 0.763. The molecule has 0 unspecified atom stereocenters. The number of para-hydroxylation sites is 1. The molecule has 0 atom stereocenters. The highest BCUT2D eigenvalue weighted by atomic mass is 32.2. The minimum absolute atomic E-state index is 0.167. The normalized spacial score (nSPS) is 10.5. The van der Waals surface area contributed by atoms with Gasteiger partial charge in [0, 0.05) is 17.6 Å². The lowest BCUT2D eigenvalue weighted by atomic mass is 10.1. The van der Waals surface area contributed by atoms with E-state index in [1.54, 1.807) is 7.05 Å². The van der Waals surface area contributed by atoms with Crippen LogP contribution in [0.2, 0.25) is 0 Å². The molecule has 5 heteroatoms. The number of carbonyl (C=O) groups excluding carboxylic acids is 2. The van der Waals surface area contributed by atoms with Crippen LogP contribution in [0, 0.1) is 0 Å². The van der Waals surface area contributed by atoms with Gasteiger partial charge in [0.1, 0.15) is 0 Å². The standard InChI is InChI=1S/C21H19NO3S/c1-22(18-9-3-2-4-10-18)20(23)14-25-21(24)15-26-19-12-11-16-7-5-6-8-17(16)13-19/h2-13H,14-15H2,1H3. The number of fused-ring (bicyclic) bond motifs is 1. The van der Waals surface area contributed by atoms with E-state index >= 15 is 0 Å². The van der Waals surface area contributed by atoms with Crippen LogP contribution >= 0.6 is 11.8 Å². The zero-order valence-corrected chi connectivity index (χ0v) is 15.2. The summed E-state index contributed by atoms with van der Waals surface area (Å²) in [6.07, 6.45) is 0. The fourth-order valence-electron chi connectivity index (χ4n) is 2.48. The molecule has 3 rings (SSSR count). The maximum Gasteiger partial charge on any atom is 0.316 e. The molecule has 0 radical (unpaired) electrons. The smallest absolute Gasteiger partial charge is 0.316 e. The van der Waals surface area contributed by atoms with E-state index in [4.69, 9.17) is 4.74 Å². The quantitative estimate of drug-likeness (QED) is 0.487. The van der Waals surface area contributed by atoms with Crippen molar-refractivity contribution < 1.29 is 14.3 Å². The van der Waals surface area contributed by atoms with Crippen LogP contribution < -0.4 is 4.90 Å². The third kappa shape index (κ3) is 4.64. The number of benzene rings is 3. The number of amides is 1. The summed E-state index contributed by atoms with van der Waals surface area (Å²) >= 11 is 1.40. The molecule has 3 aromatic rings. The fraction of sp³-hybridized carbons (Fsp3) is 0.143. The Balaban J connectivity index is 1.48. The summed E-state index contributed by atoms with van der Waals surface area (Å²) in [6.45, 7) is -0.261. The molecule has 0 saturated heterocycles. The van der Waals surface area contributed by atoms with E-state index in [1.807, 2.05) is 72.8 Å². The highest BCUT2D eigenvalue weighted by molar-refractivity contribution is 8.00. The van der Waals surface area contributed by atoms with Crippen LogP contribution in [0.4, 0.5) is 5.69 Å². The number of nitrogens with zero attached hydrogens (tertiary/aromatic N) is 1. The van der Waals surface area contributed by atoms with Gasteiger partial charge in [0.15, 0.2) is 6.61 Å². The Bertz CT molecular complexity index is 911. The molecule has 0 bridgehead atoms. The molecule has 0 fully saturated rings. The molecule has 3 aromatic carbocycles. The minimum Gasteiger partial charge on any atom is -0.455 e. The molecule has 132 valence electrons. The number of hydrogen-bond acceptors (Lipinski definition) is 4. The Morgan fingerprint density at radius 3 is 2.38 bits per heavy atom.